The molecule has 0 saturated heterocycles. The Morgan fingerprint density at radius 3 is 3.00 bits per heavy atom. The van der Waals surface area contributed by atoms with Gasteiger partial charge in [-0.05, 0) is 31.0 Å². The van der Waals surface area contributed by atoms with Crippen molar-refractivity contribution in [3.05, 3.63) is 24.1 Å². The topological polar surface area (TPSA) is 61.9 Å². The van der Waals surface area contributed by atoms with Crippen LogP contribution in [-0.2, 0) is 0 Å². The maximum absolute atomic E-state index is 9.17. The van der Waals surface area contributed by atoms with Crippen LogP contribution in [0.3, 0.4) is 0 Å². The van der Waals surface area contributed by atoms with E-state index >= 15 is 0 Å². The highest BCUT2D eigenvalue weighted by Gasteiger charge is 2.36. The van der Waals surface area contributed by atoms with Crippen LogP contribution in [0.1, 0.15) is 25.2 Å². The largest absolute Gasteiger partial charge is 0.441 e. The first kappa shape index (κ1) is 11.1. The molecule has 1 heterocycles. The van der Waals surface area contributed by atoms with Gasteiger partial charge in [0.15, 0.2) is 11.5 Å². The molecule has 0 radical (unpaired) electrons. The number of hydrogen-bond donors (Lipinski definition) is 1. The van der Waals surface area contributed by atoms with Crippen LogP contribution in [0, 0.1) is 23.7 Å². The second-order valence-corrected chi connectivity index (χ2v) is 5.01. The number of benzene rings is 1. The van der Waals surface area contributed by atoms with Crippen molar-refractivity contribution in [1.29, 1.82) is 5.26 Å². The second-order valence-electron chi connectivity index (χ2n) is 5.01. The third kappa shape index (κ3) is 1.82. The van der Waals surface area contributed by atoms with Crippen LogP contribution in [0.25, 0.3) is 11.1 Å². The molecule has 1 saturated carbocycles. The smallest absolute Gasteiger partial charge is 0.192 e. The molecule has 1 aromatic carbocycles. The second kappa shape index (κ2) is 4.02. The molecule has 1 aromatic heterocycles. The van der Waals surface area contributed by atoms with Gasteiger partial charge in [-0.1, -0.05) is 6.42 Å². The molecular formula is C14H15N3O. The third-order valence-electron chi connectivity index (χ3n) is 3.67. The molecule has 1 aliphatic rings. The molecule has 18 heavy (non-hydrogen) atoms. The molecule has 0 spiro atoms. The van der Waals surface area contributed by atoms with Crippen molar-refractivity contribution in [1.82, 2.24) is 4.98 Å². The Morgan fingerprint density at radius 2 is 2.33 bits per heavy atom. The van der Waals surface area contributed by atoms with Gasteiger partial charge in [-0.25, -0.2) is 4.98 Å². The molecule has 0 unspecified atom stereocenters. The summed E-state index contributed by atoms with van der Waals surface area (Å²) in [5, 5.41) is 12.5. The number of nitriles is 1. The highest BCUT2D eigenvalue weighted by molar-refractivity contribution is 5.77. The zero-order valence-corrected chi connectivity index (χ0v) is 10.4. The average molecular weight is 241 g/mol. The Bertz CT molecular complexity index is 619. The number of nitrogens with one attached hydrogen (secondary N) is 1. The maximum Gasteiger partial charge on any atom is 0.192 e. The number of hydrogen-bond acceptors (Lipinski definition) is 4. The molecule has 1 N–H and O–H groups in total. The van der Waals surface area contributed by atoms with Crippen molar-refractivity contribution in [2.24, 2.45) is 5.41 Å². The summed E-state index contributed by atoms with van der Waals surface area (Å²) < 4.78 is 5.43. The van der Waals surface area contributed by atoms with Crippen molar-refractivity contribution in [3.63, 3.8) is 0 Å². The van der Waals surface area contributed by atoms with E-state index in [0.29, 0.717) is 12.4 Å². The maximum atomic E-state index is 9.17. The normalized spacial score (nSPS) is 17.1. The molecule has 0 atom stereocenters. The van der Waals surface area contributed by atoms with Crippen LogP contribution in [0.15, 0.2) is 22.6 Å². The highest BCUT2D eigenvalue weighted by Crippen LogP contribution is 2.40. The standard InChI is InChI=1S/C14H15N3O/c1-10-17-12-7-11(3-4-13(12)18-10)16-9-14(8-15)5-2-6-14/h3-4,7,16H,2,5-6,9H2,1H3. The number of rotatable bonds is 3. The molecule has 3 rings (SSSR count). The lowest BCUT2D eigenvalue weighted by atomic mass is 9.70. The Balaban J connectivity index is 1.76. The molecule has 0 bridgehead atoms. The summed E-state index contributed by atoms with van der Waals surface area (Å²) in [6.45, 7) is 2.55. The fourth-order valence-electron chi connectivity index (χ4n) is 2.36. The first-order chi connectivity index (χ1) is 8.71. The van der Waals surface area contributed by atoms with Crippen molar-refractivity contribution in [2.75, 3.05) is 11.9 Å². The fourth-order valence-corrected chi connectivity index (χ4v) is 2.36. The molecule has 2 aromatic rings. The van der Waals surface area contributed by atoms with Crippen LogP contribution in [0.2, 0.25) is 0 Å². The average Bonchev–Trinajstić information content (AvgIpc) is 2.67. The summed E-state index contributed by atoms with van der Waals surface area (Å²) in [5.74, 6) is 0.676. The van der Waals surface area contributed by atoms with Crippen LogP contribution in [-0.4, -0.2) is 11.5 Å². The zero-order valence-electron chi connectivity index (χ0n) is 10.4. The van der Waals surface area contributed by atoms with Crippen molar-refractivity contribution < 1.29 is 4.42 Å². The van der Waals surface area contributed by atoms with Crippen LogP contribution in [0.5, 0.6) is 0 Å². The van der Waals surface area contributed by atoms with Gasteiger partial charge in [0.1, 0.15) is 5.52 Å². The van der Waals surface area contributed by atoms with Crippen molar-refractivity contribution in [2.45, 2.75) is 26.2 Å². The molecule has 1 fully saturated rings. The zero-order chi connectivity index (χ0) is 12.6. The van der Waals surface area contributed by atoms with Gasteiger partial charge in [0, 0.05) is 19.2 Å². The summed E-state index contributed by atoms with van der Waals surface area (Å²) in [4.78, 5) is 4.30. The van der Waals surface area contributed by atoms with Crippen LogP contribution >= 0.6 is 0 Å². The molecule has 92 valence electrons. The summed E-state index contributed by atoms with van der Waals surface area (Å²) in [7, 11) is 0. The number of nitrogens with zero attached hydrogens (tertiary/aromatic N) is 2. The van der Waals surface area contributed by atoms with Crippen LogP contribution in [0.4, 0.5) is 5.69 Å². The van der Waals surface area contributed by atoms with E-state index in [1.54, 1.807) is 0 Å². The van der Waals surface area contributed by atoms with E-state index in [0.717, 1.165) is 36.0 Å². The quantitative estimate of drug-likeness (QED) is 0.896. The molecule has 4 nitrogen and oxygen atoms in total. The van der Waals surface area contributed by atoms with Gasteiger partial charge in [-0.2, -0.15) is 5.26 Å². The molecular weight excluding hydrogens is 226 g/mol. The number of fused-ring (bicyclic) bond motifs is 1. The van der Waals surface area contributed by atoms with Gasteiger partial charge < -0.3 is 9.73 Å². The summed E-state index contributed by atoms with van der Waals surface area (Å²) in [6.07, 6.45) is 3.17. The summed E-state index contributed by atoms with van der Waals surface area (Å²) >= 11 is 0. The van der Waals surface area contributed by atoms with Gasteiger partial charge in [-0.15, -0.1) is 0 Å². The van der Waals surface area contributed by atoms with Gasteiger partial charge in [0.25, 0.3) is 0 Å². The number of oxazole rings is 1. The molecule has 1 aliphatic carbocycles. The first-order valence-electron chi connectivity index (χ1n) is 6.23. The van der Waals surface area contributed by atoms with E-state index in [9.17, 15) is 5.26 Å². The minimum absolute atomic E-state index is 0.158. The summed E-state index contributed by atoms with van der Waals surface area (Å²) in [6, 6.07) is 8.28. The monoisotopic (exact) mass is 241 g/mol. The van der Waals surface area contributed by atoms with E-state index in [-0.39, 0.29) is 5.41 Å². The van der Waals surface area contributed by atoms with Gasteiger partial charge in [-0.3, -0.25) is 0 Å². The van der Waals surface area contributed by atoms with Crippen molar-refractivity contribution in [3.8, 4) is 6.07 Å². The lowest BCUT2D eigenvalue weighted by molar-refractivity contribution is 0.233. The Labute approximate surface area is 106 Å². The first-order valence-corrected chi connectivity index (χ1v) is 6.23. The highest BCUT2D eigenvalue weighted by atomic mass is 16.3. The Hall–Kier alpha value is -2.02. The lowest BCUT2D eigenvalue weighted by Gasteiger charge is -2.35. The lowest BCUT2D eigenvalue weighted by Crippen LogP contribution is -2.34. The summed E-state index contributed by atoms with van der Waals surface area (Å²) in [5.41, 5.74) is 2.50. The van der Waals surface area contributed by atoms with E-state index in [1.165, 1.54) is 0 Å². The van der Waals surface area contributed by atoms with Crippen LogP contribution < -0.4 is 5.32 Å². The van der Waals surface area contributed by atoms with E-state index < -0.39 is 0 Å². The third-order valence-corrected chi connectivity index (χ3v) is 3.67. The van der Waals surface area contributed by atoms with Crippen molar-refractivity contribution >= 4 is 16.8 Å². The SMILES string of the molecule is Cc1nc2cc(NCC3(C#N)CCC3)ccc2o1. The van der Waals surface area contributed by atoms with Gasteiger partial charge >= 0.3 is 0 Å². The molecule has 0 aliphatic heterocycles. The minimum Gasteiger partial charge on any atom is -0.441 e. The Morgan fingerprint density at radius 1 is 1.50 bits per heavy atom. The van der Waals surface area contributed by atoms with E-state index in [1.807, 2.05) is 25.1 Å². The van der Waals surface area contributed by atoms with E-state index in [4.69, 9.17) is 4.42 Å². The van der Waals surface area contributed by atoms with Gasteiger partial charge in [0.05, 0.1) is 11.5 Å². The predicted octanol–water partition coefficient (Wildman–Crippen LogP) is 3.24. The molecule has 4 heteroatoms. The fraction of sp³-hybridized carbons (Fsp3) is 0.429. The van der Waals surface area contributed by atoms with E-state index in [2.05, 4.69) is 16.4 Å². The minimum atomic E-state index is -0.158. The number of aromatic nitrogens is 1. The molecule has 0 amide bonds. The Kier molecular flexibility index (Phi) is 2.48. The predicted molar refractivity (Wildman–Crippen MR) is 69.1 cm³/mol. The number of aryl methyl sites for hydroxylation is 1. The number of anilines is 1. The van der Waals surface area contributed by atoms with Gasteiger partial charge in [0.2, 0.25) is 0 Å².